The van der Waals surface area contributed by atoms with Gasteiger partial charge in [0.2, 0.25) is 5.88 Å². The van der Waals surface area contributed by atoms with Crippen LogP contribution in [0.3, 0.4) is 0 Å². The first kappa shape index (κ1) is 15.4. The summed E-state index contributed by atoms with van der Waals surface area (Å²) >= 11 is 1.27. The lowest BCUT2D eigenvalue weighted by atomic mass is 10.2. The molecule has 0 bridgehead atoms. The molecule has 1 aromatic rings. The molecule has 0 aliphatic heterocycles. The van der Waals surface area contributed by atoms with Gasteiger partial charge in [-0.1, -0.05) is 0 Å². The Bertz CT molecular complexity index is 534. The van der Waals surface area contributed by atoms with E-state index in [4.69, 9.17) is 5.11 Å². The summed E-state index contributed by atoms with van der Waals surface area (Å²) < 4.78 is 39.4. The Morgan fingerprint density at radius 2 is 2.16 bits per heavy atom. The Hall–Kier alpha value is -1.66. The van der Waals surface area contributed by atoms with Gasteiger partial charge >= 0.3 is 12.3 Å². The molecule has 0 spiro atoms. The number of halogens is 4. The van der Waals surface area contributed by atoms with Gasteiger partial charge in [0.25, 0.3) is 5.69 Å². The van der Waals surface area contributed by atoms with Crippen molar-refractivity contribution >= 4 is 34.2 Å². The Labute approximate surface area is 116 Å². The third kappa shape index (κ3) is 4.50. The Morgan fingerprint density at radius 3 is 2.58 bits per heavy atom. The number of nitrogens with zero attached hydrogens (tertiary/aromatic N) is 2. The second-order valence-corrected chi connectivity index (χ2v) is 4.21. The highest BCUT2D eigenvalue weighted by molar-refractivity contribution is 14.1. The fraction of sp³-hybridized carbons (Fsp3) is 0.250. The number of nitro groups is 1. The average Bonchev–Trinajstić information content (AvgIpc) is 2.19. The number of carboxylic acid groups (broad SMARTS) is 1. The molecule has 0 saturated heterocycles. The van der Waals surface area contributed by atoms with Gasteiger partial charge in [-0.25, -0.2) is 4.98 Å². The molecule has 0 saturated carbocycles. The van der Waals surface area contributed by atoms with Crippen LogP contribution in [0.5, 0.6) is 5.88 Å². The molecule has 1 aromatic heterocycles. The standard InChI is InChI=1S/C8H4F3IN2O5/c9-8(10,11)19-7-6(12)4(14(17)18)1-3(13-7)2-5(15)16/h1H,2H2,(H,15,16). The zero-order chi connectivity index (χ0) is 14.8. The summed E-state index contributed by atoms with van der Waals surface area (Å²) in [7, 11) is 0. The number of alkyl halides is 3. The monoisotopic (exact) mass is 392 g/mol. The van der Waals surface area contributed by atoms with Gasteiger partial charge in [-0.2, -0.15) is 0 Å². The van der Waals surface area contributed by atoms with Crippen LogP contribution in [0.1, 0.15) is 5.69 Å². The van der Waals surface area contributed by atoms with Crippen molar-refractivity contribution in [1.82, 2.24) is 4.98 Å². The Balaban J connectivity index is 3.31. The van der Waals surface area contributed by atoms with Gasteiger partial charge in [-0.3, -0.25) is 14.9 Å². The molecule has 11 heteroatoms. The summed E-state index contributed by atoms with van der Waals surface area (Å²) in [5, 5.41) is 19.2. The van der Waals surface area contributed by atoms with Crippen molar-refractivity contribution in [1.29, 1.82) is 0 Å². The maximum Gasteiger partial charge on any atom is 0.574 e. The van der Waals surface area contributed by atoms with Gasteiger partial charge in [-0.05, 0) is 22.6 Å². The van der Waals surface area contributed by atoms with Gasteiger partial charge in [0.05, 0.1) is 17.0 Å². The number of carboxylic acids is 1. The van der Waals surface area contributed by atoms with Gasteiger partial charge in [-0.15, -0.1) is 13.2 Å². The maximum absolute atomic E-state index is 12.1. The highest BCUT2D eigenvalue weighted by Gasteiger charge is 2.35. The van der Waals surface area contributed by atoms with Gasteiger partial charge < -0.3 is 9.84 Å². The number of hydrogen-bond acceptors (Lipinski definition) is 5. The van der Waals surface area contributed by atoms with Crippen LogP contribution in [-0.2, 0) is 11.2 Å². The largest absolute Gasteiger partial charge is 0.574 e. The van der Waals surface area contributed by atoms with E-state index >= 15 is 0 Å². The number of aromatic nitrogens is 1. The topological polar surface area (TPSA) is 103 Å². The number of ether oxygens (including phenoxy) is 1. The molecule has 1 heterocycles. The van der Waals surface area contributed by atoms with Crippen LogP contribution in [0, 0.1) is 13.7 Å². The van der Waals surface area contributed by atoms with Crippen molar-refractivity contribution in [3.05, 3.63) is 25.4 Å². The molecule has 0 aliphatic carbocycles. The number of pyridine rings is 1. The van der Waals surface area contributed by atoms with E-state index in [1.807, 2.05) is 0 Å². The first-order valence-electron chi connectivity index (χ1n) is 4.41. The zero-order valence-corrected chi connectivity index (χ0v) is 10.9. The van der Waals surface area contributed by atoms with E-state index in [0.29, 0.717) is 0 Å². The minimum Gasteiger partial charge on any atom is -0.481 e. The van der Waals surface area contributed by atoms with Crippen LogP contribution in [0.4, 0.5) is 18.9 Å². The van der Waals surface area contributed by atoms with Crippen molar-refractivity contribution in [2.24, 2.45) is 0 Å². The average molecular weight is 392 g/mol. The van der Waals surface area contributed by atoms with Gasteiger partial charge in [0.1, 0.15) is 0 Å². The van der Waals surface area contributed by atoms with E-state index in [1.165, 1.54) is 22.6 Å². The summed E-state index contributed by atoms with van der Waals surface area (Å²) in [6, 6.07) is 0.791. The quantitative estimate of drug-likeness (QED) is 0.479. The van der Waals surface area contributed by atoms with Crippen LogP contribution in [-0.4, -0.2) is 27.3 Å². The lowest BCUT2D eigenvalue weighted by Crippen LogP contribution is -2.19. The first-order valence-corrected chi connectivity index (χ1v) is 5.49. The van der Waals surface area contributed by atoms with Gasteiger partial charge in [0, 0.05) is 6.07 Å². The molecule has 0 fully saturated rings. The van der Waals surface area contributed by atoms with Crippen molar-refractivity contribution in [3.63, 3.8) is 0 Å². The molecule has 19 heavy (non-hydrogen) atoms. The third-order valence-corrected chi connectivity index (χ3v) is 2.72. The SMILES string of the molecule is O=C(O)Cc1cc([N+](=O)[O-])c(I)c(OC(F)(F)F)n1. The smallest absolute Gasteiger partial charge is 0.481 e. The van der Waals surface area contributed by atoms with E-state index in [0.717, 1.165) is 6.07 Å². The lowest BCUT2D eigenvalue weighted by molar-refractivity contribution is -0.386. The van der Waals surface area contributed by atoms with Crippen molar-refractivity contribution < 1.29 is 32.7 Å². The Kier molecular flexibility index (Phi) is 4.49. The zero-order valence-electron chi connectivity index (χ0n) is 8.77. The van der Waals surface area contributed by atoms with Crippen molar-refractivity contribution in [2.75, 3.05) is 0 Å². The summed E-state index contributed by atoms with van der Waals surface area (Å²) in [5.74, 6) is -2.43. The molecule has 0 radical (unpaired) electrons. The molecule has 1 N–H and O–H groups in total. The normalized spacial score (nSPS) is 11.2. The van der Waals surface area contributed by atoms with E-state index in [-0.39, 0.29) is 0 Å². The highest BCUT2D eigenvalue weighted by Crippen LogP contribution is 2.32. The minimum atomic E-state index is -5.08. The molecular formula is C8H4F3IN2O5. The lowest BCUT2D eigenvalue weighted by Gasteiger charge is -2.10. The molecule has 0 atom stereocenters. The highest BCUT2D eigenvalue weighted by atomic mass is 127. The summed E-state index contributed by atoms with van der Waals surface area (Å²) in [6.45, 7) is 0. The predicted molar refractivity (Wildman–Crippen MR) is 61.6 cm³/mol. The van der Waals surface area contributed by atoms with E-state index in [2.05, 4.69) is 9.72 Å². The number of hydrogen-bond donors (Lipinski definition) is 1. The molecule has 0 aromatic carbocycles. The minimum absolute atomic E-state index is 0.404. The summed E-state index contributed by atoms with van der Waals surface area (Å²) in [5.41, 5.74) is -1.11. The number of carbonyl (C=O) groups is 1. The number of aliphatic carboxylic acids is 1. The van der Waals surface area contributed by atoms with E-state index in [9.17, 15) is 28.1 Å². The van der Waals surface area contributed by atoms with Crippen LogP contribution in [0.15, 0.2) is 6.07 Å². The molecule has 1 rings (SSSR count). The maximum atomic E-state index is 12.1. The van der Waals surface area contributed by atoms with Crippen LogP contribution in [0.25, 0.3) is 0 Å². The summed E-state index contributed by atoms with van der Waals surface area (Å²) in [4.78, 5) is 23.5. The van der Waals surface area contributed by atoms with Crippen molar-refractivity contribution in [2.45, 2.75) is 12.8 Å². The second-order valence-electron chi connectivity index (χ2n) is 3.13. The summed E-state index contributed by atoms with van der Waals surface area (Å²) in [6.07, 6.45) is -5.84. The van der Waals surface area contributed by atoms with Crippen LogP contribution in [0.2, 0.25) is 0 Å². The molecule has 0 unspecified atom stereocenters. The van der Waals surface area contributed by atoms with E-state index in [1.54, 1.807) is 0 Å². The molecule has 7 nitrogen and oxygen atoms in total. The van der Waals surface area contributed by atoms with Crippen LogP contribution < -0.4 is 4.74 Å². The molecule has 0 aliphatic rings. The molecule has 104 valence electrons. The van der Waals surface area contributed by atoms with Gasteiger partial charge in [0.15, 0.2) is 3.57 Å². The predicted octanol–water partition coefficient (Wildman–Crippen LogP) is 2.12. The van der Waals surface area contributed by atoms with E-state index < -0.39 is 44.5 Å². The van der Waals surface area contributed by atoms with Crippen molar-refractivity contribution in [3.8, 4) is 5.88 Å². The fourth-order valence-electron chi connectivity index (χ4n) is 1.10. The number of rotatable bonds is 4. The fourth-order valence-corrected chi connectivity index (χ4v) is 1.68. The Morgan fingerprint density at radius 1 is 1.58 bits per heavy atom. The third-order valence-electron chi connectivity index (χ3n) is 1.70. The molecular weight excluding hydrogens is 388 g/mol. The first-order chi connectivity index (χ1) is 8.60. The second kappa shape index (κ2) is 5.54. The molecule has 0 amide bonds. The van der Waals surface area contributed by atoms with Crippen LogP contribution >= 0.6 is 22.6 Å².